The Kier molecular flexibility index (Phi) is 3.55. The second-order valence-electron chi connectivity index (χ2n) is 3.70. The fraction of sp³-hybridized carbons (Fsp3) is 0.273. The molecule has 0 atom stereocenters. The van der Waals surface area contributed by atoms with Crippen molar-refractivity contribution < 1.29 is 17.9 Å². The Morgan fingerprint density at radius 2 is 1.94 bits per heavy atom. The molecule has 0 amide bonds. The summed E-state index contributed by atoms with van der Waals surface area (Å²) in [6, 6.07) is 2.86. The Hall–Kier alpha value is -1.85. The van der Waals surface area contributed by atoms with Crippen LogP contribution in [0.25, 0.3) is 6.08 Å². The van der Waals surface area contributed by atoms with Crippen molar-refractivity contribution in [2.75, 3.05) is 5.73 Å². The summed E-state index contributed by atoms with van der Waals surface area (Å²) in [5, 5.41) is 0. The molecular weight excluding hydrogens is 233 g/mol. The van der Waals surface area contributed by atoms with Gasteiger partial charge in [0.15, 0.2) is 5.75 Å². The lowest BCUT2D eigenvalue weighted by molar-refractivity contribution is -0.274. The zero-order chi connectivity index (χ0) is 13.2. The van der Waals surface area contributed by atoms with E-state index in [1.165, 1.54) is 12.1 Å². The first-order valence-corrected chi connectivity index (χ1v) is 4.78. The minimum absolute atomic E-state index is 0.0854. The fourth-order valence-corrected chi connectivity index (χ4v) is 1.37. The maximum absolute atomic E-state index is 12.1. The van der Waals surface area contributed by atoms with Gasteiger partial charge in [-0.3, -0.25) is 0 Å². The largest absolute Gasteiger partial charge is 0.573 e. The van der Waals surface area contributed by atoms with E-state index in [2.05, 4.69) is 4.74 Å². The molecule has 3 nitrogen and oxygen atoms in total. The van der Waals surface area contributed by atoms with E-state index >= 15 is 0 Å². The molecule has 0 radical (unpaired) electrons. The molecule has 1 rings (SSSR count). The van der Waals surface area contributed by atoms with Gasteiger partial charge in [0, 0.05) is 11.3 Å². The van der Waals surface area contributed by atoms with Crippen LogP contribution < -0.4 is 16.2 Å². The summed E-state index contributed by atoms with van der Waals surface area (Å²) in [5.41, 5.74) is 12.4. The van der Waals surface area contributed by atoms with Crippen LogP contribution in [0.15, 0.2) is 17.8 Å². The van der Waals surface area contributed by atoms with Gasteiger partial charge in [-0.05, 0) is 37.6 Å². The van der Waals surface area contributed by atoms with Crippen molar-refractivity contribution in [1.29, 1.82) is 0 Å². The topological polar surface area (TPSA) is 61.3 Å². The first-order chi connectivity index (χ1) is 7.69. The van der Waals surface area contributed by atoms with E-state index in [1.807, 2.05) is 0 Å². The van der Waals surface area contributed by atoms with Crippen molar-refractivity contribution in [3.63, 3.8) is 0 Å². The second-order valence-corrected chi connectivity index (χ2v) is 3.70. The molecule has 94 valence electrons. The number of alkyl halides is 3. The highest BCUT2D eigenvalue weighted by atomic mass is 19.4. The van der Waals surface area contributed by atoms with E-state index in [4.69, 9.17) is 11.5 Å². The number of nitrogens with two attached hydrogens (primary N) is 2. The lowest BCUT2D eigenvalue weighted by Crippen LogP contribution is -2.18. The molecule has 0 saturated heterocycles. The van der Waals surface area contributed by atoms with E-state index in [0.29, 0.717) is 16.8 Å². The summed E-state index contributed by atoms with van der Waals surface area (Å²) in [6.07, 6.45) is -3.27. The molecule has 0 aliphatic carbocycles. The quantitative estimate of drug-likeness (QED) is 0.789. The third kappa shape index (κ3) is 3.90. The number of hydrogen-bond acceptors (Lipinski definition) is 3. The summed E-state index contributed by atoms with van der Waals surface area (Å²) >= 11 is 0. The standard InChI is InChI=1S/C11H13F3N2O/c1-6-3-8(5-7(2)15)10(16)9(4-6)17-11(12,13)14/h3-5H,15-16H2,1-2H3/b7-5-. The monoisotopic (exact) mass is 246 g/mol. The highest BCUT2D eigenvalue weighted by molar-refractivity contribution is 5.72. The summed E-state index contributed by atoms with van der Waals surface area (Å²) in [5.74, 6) is -0.412. The Morgan fingerprint density at radius 3 is 2.41 bits per heavy atom. The number of rotatable bonds is 2. The molecule has 0 unspecified atom stereocenters. The maximum atomic E-state index is 12.1. The maximum Gasteiger partial charge on any atom is 0.573 e. The van der Waals surface area contributed by atoms with Gasteiger partial charge < -0.3 is 16.2 Å². The molecule has 0 spiro atoms. The molecule has 0 bridgehead atoms. The summed E-state index contributed by atoms with van der Waals surface area (Å²) in [7, 11) is 0. The molecule has 0 aliphatic heterocycles. The van der Waals surface area contributed by atoms with Crippen LogP contribution >= 0.6 is 0 Å². The first kappa shape index (κ1) is 13.2. The van der Waals surface area contributed by atoms with E-state index in [-0.39, 0.29) is 5.69 Å². The van der Waals surface area contributed by atoms with Crippen LogP contribution in [0.3, 0.4) is 0 Å². The minimum Gasteiger partial charge on any atom is -0.404 e. The van der Waals surface area contributed by atoms with Crippen LogP contribution in [0.1, 0.15) is 18.1 Å². The van der Waals surface area contributed by atoms with E-state index in [1.54, 1.807) is 19.9 Å². The molecule has 6 heteroatoms. The van der Waals surface area contributed by atoms with Crippen molar-refractivity contribution in [1.82, 2.24) is 0 Å². The first-order valence-electron chi connectivity index (χ1n) is 4.78. The van der Waals surface area contributed by atoms with Crippen molar-refractivity contribution in [3.8, 4) is 5.75 Å². The Bertz CT molecular complexity index is 449. The van der Waals surface area contributed by atoms with Gasteiger partial charge in [0.05, 0.1) is 5.69 Å². The van der Waals surface area contributed by atoms with Crippen LogP contribution in [0.4, 0.5) is 18.9 Å². The van der Waals surface area contributed by atoms with Gasteiger partial charge >= 0.3 is 6.36 Å². The van der Waals surface area contributed by atoms with Crippen LogP contribution in [0, 0.1) is 6.92 Å². The van der Waals surface area contributed by atoms with Gasteiger partial charge in [0.25, 0.3) is 0 Å². The van der Waals surface area contributed by atoms with E-state index in [0.717, 1.165) is 0 Å². The highest BCUT2D eigenvalue weighted by Crippen LogP contribution is 2.32. The normalized spacial score (nSPS) is 12.6. The van der Waals surface area contributed by atoms with E-state index in [9.17, 15) is 13.2 Å². The summed E-state index contributed by atoms with van der Waals surface area (Å²) in [4.78, 5) is 0. The van der Waals surface area contributed by atoms with Gasteiger partial charge in [0.2, 0.25) is 0 Å². The molecule has 0 fully saturated rings. The molecule has 0 saturated carbocycles. The van der Waals surface area contributed by atoms with Crippen LogP contribution in [-0.4, -0.2) is 6.36 Å². The van der Waals surface area contributed by atoms with E-state index < -0.39 is 12.1 Å². The highest BCUT2D eigenvalue weighted by Gasteiger charge is 2.32. The third-order valence-electron chi connectivity index (χ3n) is 1.93. The molecule has 0 aromatic heterocycles. The minimum atomic E-state index is -4.76. The number of nitrogen functional groups attached to an aromatic ring is 1. The number of allylic oxidation sites excluding steroid dienone is 1. The number of hydrogen-bond donors (Lipinski definition) is 2. The number of benzene rings is 1. The Balaban J connectivity index is 3.24. The number of ether oxygens (including phenoxy) is 1. The van der Waals surface area contributed by atoms with Gasteiger partial charge in [-0.25, -0.2) is 0 Å². The van der Waals surface area contributed by atoms with Crippen LogP contribution in [0.2, 0.25) is 0 Å². The van der Waals surface area contributed by atoms with Crippen molar-refractivity contribution >= 4 is 11.8 Å². The Labute approximate surface area is 96.9 Å². The van der Waals surface area contributed by atoms with Crippen molar-refractivity contribution in [2.45, 2.75) is 20.2 Å². The van der Waals surface area contributed by atoms with Crippen molar-refractivity contribution in [2.24, 2.45) is 5.73 Å². The molecule has 1 aromatic carbocycles. The van der Waals surface area contributed by atoms with Gasteiger partial charge in [-0.15, -0.1) is 13.2 Å². The summed E-state index contributed by atoms with van der Waals surface area (Å²) < 4.78 is 40.2. The average molecular weight is 246 g/mol. The lowest BCUT2D eigenvalue weighted by Gasteiger charge is -2.13. The number of aryl methyl sites for hydroxylation is 1. The molecule has 4 N–H and O–H groups in total. The smallest absolute Gasteiger partial charge is 0.404 e. The predicted molar refractivity (Wildman–Crippen MR) is 60.1 cm³/mol. The average Bonchev–Trinajstić information content (AvgIpc) is 2.09. The zero-order valence-corrected chi connectivity index (χ0v) is 9.43. The molecular formula is C11H13F3N2O. The summed E-state index contributed by atoms with van der Waals surface area (Å²) in [6.45, 7) is 3.26. The van der Waals surface area contributed by atoms with Crippen LogP contribution in [0.5, 0.6) is 5.75 Å². The van der Waals surface area contributed by atoms with Gasteiger partial charge in [0.1, 0.15) is 0 Å². The third-order valence-corrected chi connectivity index (χ3v) is 1.93. The molecule has 0 aliphatic rings. The molecule has 0 heterocycles. The zero-order valence-electron chi connectivity index (χ0n) is 9.43. The number of halogens is 3. The van der Waals surface area contributed by atoms with Crippen molar-refractivity contribution in [3.05, 3.63) is 29.0 Å². The van der Waals surface area contributed by atoms with Gasteiger partial charge in [-0.2, -0.15) is 0 Å². The molecule has 1 aromatic rings. The number of anilines is 1. The predicted octanol–water partition coefficient (Wildman–Crippen LogP) is 2.80. The van der Waals surface area contributed by atoms with Gasteiger partial charge in [-0.1, -0.05) is 0 Å². The van der Waals surface area contributed by atoms with Crippen LogP contribution in [-0.2, 0) is 0 Å². The Morgan fingerprint density at radius 1 is 1.35 bits per heavy atom. The second kappa shape index (κ2) is 4.57. The fourth-order valence-electron chi connectivity index (χ4n) is 1.37. The lowest BCUT2D eigenvalue weighted by atomic mass is 10.1. The molecule has 17 heavy (non-hydrogen) atoms. The SMILES string of the molecule is C/C(N)=C/c1cc(C)cc(OC(F)(F)F)c1N.